The number of carbonyl (C=O) groups is 1. The molecule has 26 heavy (non-hydrogen) atoms. The Labute approximate surface area is 155 Å². The van der Waals surface area contributed by atoms with Crippen LogP contribution < -0.4 is 9.27 Å². The van der Waals surface area contributed by atoms with Crippen LogP contribution in [0.2, 0.25) is 0 Å². The number of rotatable bonds is 4. The maximum absolute atomic E-state index is 12.5. The molecule has 0 aliphatic heterocycles. The van der Waals surface area contributed by atoms with Gasteiger partial charge in [-0.15, -0.1) is 3.96 Å². The van der Waals surface area contributed by atoms with E-state index in [1.165, 1.54) is 11.5 Å². The van der Waals surface area contributed by atoms with Crippen LogP contribution in [0.4, 0.5) is 5.13 Å². The number of aromatic nitrogens is 2. The zero-order chi connectivity index (χ0) is 17.8. The van der Waals surface area contributed by atoms with Crippen molar-refractivity contribution in [1.82, 2.24) is 4.98 Å². The fraction of sp³-hybridized carbons (Fsp3) is 0. The molecule has 4 aromatic rings. The summed E-state index contributed by atoms with van der Waals surface area (Å²) < 4.78 is 2.02. The molecule has 1 amide bonds. The minimum atomic E-state index is -0.167. The first kappa shape index (κ1) is 16.2. The third-order valence-electron chi connectivity index (χ3n) is 3.86. The summed E-state index contributed by atoms with van der Waals surface area (Å²) in [7, 11) is 0. The predicted molar refractivity (Wildman–Crippen MR) is 103 cm³/mol. The standard InChI is InChI=1S/C21H15N3OS/c25-20(17-12-6-2-7-13-17)23-21-22-19(16-10-4-1-5-11-16)24(26-21)18-14-8-3-9-15-18/h1-15H/p+1. The Morgan fingerprint density at radius 3 is 2.04 bits per heavy atom. The van der Waals surface area contributed by atoms with E-state index in [1.54, 1.807) is 12.1 Å². The third kappa shape index (κ3) is 3.38. The largest absolute Gasteiger partial charge is 0.350 e. The van der Waals surface area contributed by atoms with E-state index in [0.29, 0.717) is 10.7 Å². The van der Waals surface area contributed by atoms with Crippen LogP contribution in [0, 0.1) is 0 Å². The fourth-order valence-electron chi connectivity index (χ4n) is 2.61. The topological polar surface area (TPSA) is 45.9 Å². The minimum absolute atomic E-state index is 0.167. The molecule has 0 radical (unpaired) electrons. The molecule has 0 fully saturated rings. The summed E-state index contributed by atoms with van der Waals surface area (Å²) in [4.78, 5) is 17.1. The van der Waals surface area contributed by atoms with Crippen LogP contribution in [-0.2, 0) is 0 Å². The highest BCUT2D eigenvalue weighted by atomic mass is 32.1. The van der Waals surface area contributed by atoms with Gasteiger partial charge < -0.3 is 0 Å². The number of carbonyl (C=O) groups excluding carboxylic acids is 1. The molecule has 1 heterocycles. The van der Waals surface area contributed by atoms with Gasteiger partial charge in [0.25, 0.3) is 5.91 Å². The first-order chi connectivity index (χ1) is 12.8. The Balaban J connectivity index is 1.73. The molecule has 1 aromatic heterocycles. The van der Waals surface area contributed by atoms with E-state index < -0.39 is 0 Å². The second-order valence-electron chi connectivity index (χ2n) is 5.65. The van der Waals surface area contributed by atoms with E-state index in [1.807, 2.05) is 82.8 Å². The highest BCUT2D eigenvalue weighted by Crippen LogP contribution is 2.22. The van der Waals surface area contributed by atoms with Crippen molar-refractivity contribution in [3.63, 3.8) is 0 Å². The van der Waals surface area contributed by atoms with Crippen molar-refractivity contribution in [2.45, 2.75) is 0 Å². The number of hydrogen-bond acceptors (Lipinski definition) is 3. The zero-order valence-electron chi connectivity index (χ0n) is 13.9. The molecule has 4 nitrogen and oxygen atoms in total. The van der Waals surface area contributed by atoms with Crippen molar-refractivity contribution in [1.29, 1.82) is 0 Å². The molecule has 0 bridgehead atoms. The molecular weight excluding hydrogens is 342 g/mol. The minimum Gasteiger partial charge on any atom is -0.274 e. The molecular formula is C21H16N3OS+. The lowest BCUT2D eigenvalue weighted by molar-refractivity contribution is -0.509. The lowest BCUT2D eigenvalue weighted by atomic mass is 10.2. The first-order valence-corrected chi connectivity index (χ1v) is 8.99. The van der Waals surface area contributed by atoms with Gasteiger partial charge in [0.2, 0.25) is 0 Å². The quantitative estimate of drug-likeness (QED) is 0.552. The second-order valence-corrected chi connectivity index (χ2v) is 6.58. The Morgan fingerprint density at radius 2 is 1.38 bits per heavy atom. The number of benzene rings is 3. The summed E-state index contributed by atoms with van der Waals surface area (Å²) in [6.07, 6.45) is 0. The normalized spacial score (nSPS) is 10.5. The summed E-state index contributed by atoms with van der Waals surface area (Å²) in [6.45, 7) is 0. The number of nitrogens with one attached hydrogen (secondary N) is 1. The summed E-state index contributed by atoms with van der Waals surface area (Å²) in [5.74, 6) is 0.629. The van der Waals surface area contributed by atoms with E-state index in [0.717, 1.165) is 17.1 Å². The average molecular weight is 358 g/mol. The zero-order valence-corrected chi connectivity index (χ0v) is 14.7. The average Bonchev–Trinajstić information content (AvgIpc) is 3.14. The molecule has 0 unspecified atom stereocenters. The van der Waals surface area contributed by atoms with Crippen molar-refractivity contribution in [3.05, 3.63) is 96.6 Å². The van der Waals surface area contributed by atoms with Gasteiger partial charge in [0.05, 0.1) is 5.56 Å². The van der Waals surface area contributed by atoms with Crippen LogP contribution in [0.15, 0.2) is 91.0 Å². The number of nitrogens with zero attached hydrogens (tertiary/aromatic N) is 2. The van der Waals surface area contributed by atoms with E-state index in [9.17, 15) is 4.79 Å². The van der Waals surface area contributed by atoms with Gasteiger partial charge in [0, 0.05) is 5.56 Å². The second kappa shape index (κ2) is 7.29. The van der Waals surface area contributed by atoms with Crippen LogP contribution >= 0.6 is 11.5 Å². The van der Waals surface area contributed by atoms with Crippen LogP contribution in [0.3, 0.4) is 0 Å². The fourth-order valence-corrected chi connectivity index (χ4v) is 3.51. The van der Waals surface area contributed by atoms with Gasteiger partial charge in [-0.2, -0.15) is 0 Å². The smallest absolute Gasteiger partial charge is 0.274 e. The molecule has 4 rings (SSSR count). The molecule has 1 N–H and O–H groups in total. The summed E-state index contributed by atoms with van der Waals surface area (Å²) in [5, 5.41) is 3.46. The van der Waals surface area contributed by atoms with Crippen LogP contribution in [0.25, 0.3) is 17.1 Å². The van der Waals surface area contributed by atoms with Crippen LogP contribution in [-0.4, -0.2) is 10.9 Å². The van der Waals surface area contributed by atoms with Gasteiger partial charge in [-0.25, -0.2) is 0 Å². The lowest BCUT2D eigenvalue weighted by Gasteiger charge is -1.97. The molecule has 0 aliphatic rings. The summed E-state index contributed by atoms with van der Waals surface area (Å²) in [5.41, 5.74) is 2.60. The first-order valence-electron chi connectivity index (χ1n) is 8.22. The van der Waals surface area contributed by atoms with Crippen molar-refractivity contribution < 1.29 is 8.75 Å². The highest BCUT2D eigenvalue weighted by molar-refractivity contribution is 7.06. The monoisotopic (exact) mass is 358 g/mol. The summed E-state index contributed by atoms with van der Waals surface area (Å²) >= 11 is 1.40. The van der Waals surface area contributed by atoms with E-state index in [-0.39, 0.29) is 5.91 Å². The number of hydrogen-bond donors (Lipinski definition) is 1. The Bertz CT molecular complexity index is 958. The van der Waals surface area contributed by atoms with Gasteiger partial charge in [0.1, 0.15) is 17.2 Å². The van der Waals surface area contributed by atoms with Gasteiger partial charge in [-0.05, 0) is 41.4 Å². The van der Waals surface area contributed by atoms with E-state index in [2.05, 4.69) is 10.3 Å². The molecule has 126 valence electrons. The summed E-state index contributed by atoms with van der Waals surface area (Å²) in [6, 6.07) is 29.1. The van der Waals surface area contributed by atoms with Crippen molar-refractivity contribution >= 4 is 22.6 Å². The number of amides is 1. The molecule has 3 aromatic carbocycles. The van der Waals surface area contributed by atoms with Gasteiger partial charge in [-0.3, -0.25) is 10.1 Å². The molecule has 0 atom stereocenters. The maximum atomic E-state index is 12.5. The van der Waals surface area contributed by atoms with Crippen molar-refractivity contribution in [2.75, 3.05) is 5.32 Å². The lowest BCUT2D eigenvalue weighted by Crippen LogP contribution is -2.27. The Kier molecular flexibility index (Phi) is 4.53. The van der Waals surface area contributed by atoms with Crippen LogP contribution in [0.5, 0.6) is 0 Å². The van der Waals surface area contributed by atoms with Gasteiger partial charge in [0.15, 0.2) is 0 Å². The maximum Gasteiger partial charge on any atom is 0.350 e. The molecule has 0 saturated heterocycles. The number of para-hydroxylation sites is 1. The molecule has 0 saturated carbocycles. The predicted octanol–water partition coefficient (Wildman–Crippen LogP) is 4.34. The SMILES string of the molecule is O=C(Nc1nc(-c2ccccc2)[n+](-c2ccccc2)s1)c1ccccc1. The molecule has 5 heteroatoms. The highest BCUT2D eigenvalue weighted by Gasteiger charge is 2.25. The van der Waals surface area contributed by atoms with Crippen molar-refractivity contribution in [2.24, 2.45) is 0 Å². The van der Waals surface area contributed by atoms with Crippen molar-refractivity contribution in [3.8, 4) is 17.1 Å². The Hall–Kier alpha value is -3.31. The van der Waals surface area contributed by atoms with E-state index >= 15 is 0 Å². The Morgan fingerprint density at radius 1 is 0.808 bits per heavy atom. The number of anilines is 1. The van der Waals surface area contributed by atoms with E-state index in [4.69, 9.17) is 0 Å². The van der Waals surface area contributed by atoms with Crippen LogP contribution in [0.1, 0.15) is 10.4 Å². The third-order valence-corrected chi connectivity index (χ3v) is 4.79. The van der Waals surface area contributed by atoms with Gasteiger partial charge in [-0.1, -0.05) is 54.6 Å². The molecule has 0 aliphatic carbocycles. The van der Waals surface area contributed by atoms with Gasteiger partial charge >= 0.3 is 11.0 Å². The molecule has 0 spiro atoms.